The maximum atomic E-state index is 6.31. The minimum atomic E-state index is 0.0222. The summed E-state index contributed by atoms with van der Waals surface area (Å²) in [6.07, 6.45) is 6.47. The van der Waals surface area contributed by atoms with E-state index in [-0.39, 0.29) is 5.54 Å². The molecule has 0 rings (SSSR count). The highest BCUT2D eigenvalue weighted by Gasteiger charge is 2.25. The summed E-state index contributed by atoms with van der Waals surface area (Å²) < 4.78 is 0. The van der Waals surface area contributed by atoms with Crippen molar-refractivity contribution in [1.82, 2.24) is 0 Å². The van der Waals surface area contributed by atoms with Gasteiger partial charge in [-0.25, -0.2) is 0 Å². The van der Waals surface area contributed by atoms with Gasteiger partial charge in [0, 0.05) is 5.54 Å². The first kappa shape index (κ1) is 14.0. The van der Waals surface area contributed by atoms with Crippen LogP contribution in [0.25, 0.3) is 0 Å². The van der Waals surface area contributed by atoms with E-state index in [0.717, 1.165) is 5.92 Å². The molecule has 14 heavy (non-hydrogen) atoms. The second kappa shape index (κ2) is 6.44. The maximum Gasteiger partial charge on any atom is 0.0151 e. The second-order valence-electron chi connectivity index (χ2n) is 5.28. The predicted molar refractivity (Wildman–Crippen MR) is 65.4 cm³/mol. The summed E-state index contributed by atoms with van der Waals surface area (Å²) in [5.41, 5.74) is 6.33. The highest BCUT2D eigenvalue weighted by molar-refractivity contribution is 4.84. The third-order valence-electron chi connectivity index (χ3n) is 3.59. The van der Waals surface area contributed by atoms with Crippen molar-refractivity contribution in [2.45, 2.75) is 72.3 Å². The molecule has 0 radical (unpaired) electrons. The third kappa shape index (κ3) is 4.99. The van der Waals surface area contributed by atoms with Crippen molar-refractivity contribution in [3.63, 3.8) is 0 Å². The molecule has 0 aromatic heterocycles. The molecule has 0 saturated heterocycles. The van der Waals surface area contributed by atoms with Crippen molar-refractivity contribution in [3.05, 3.63) is 0 Å². The van der Waals surface area contributed by atoms with Crippen molar-refractivity contribution in [2.24, 2.45) is 17.6 Å². The Balaban J connectivity index is 4.02. The van der Waals surface area contributed by atoms with Gasteiger partial charge in [-0.15, -0.1) is 0 Å². The molecule has 0 aliphatic rings. The average Bonchev–Trinajstić information content (AvgIpc) is 2.11. The number of hydrogen-bond donors (Lipinski definition) is 1. The molecule has 0 heterocycles. The molecular formula is C13H29N. The molecule has 0 amide bonds. The summed E-state index contributed by atoms with van der Waals surface area (Å²) in [5, 5.41) is 0. The summed E-state index contributed by atoms with van der Waals surface area (Å²) in [6, 6.07) is 0. The van der Waals surface area contributed by atoms with Crippen LogP contribution in [0.15, 0.2) is 0 Å². The van der Waals surface area contributed by atoms with Crippen molar-refractivity contribution in [1.29, 1.82) is 0 Å². The van der Waals surface area contributed by atoms with Crippen molar-refractivity contribution < 1.29 is 0 Å². The molecule has 0 bridgehead atoms. The Morgan fingerprint density at radius 1 is 1.21 bits per heavy atom. The Morgan fingerprint density at radius 3 is 2.14 bits per heavy atom. The Hall–Kier alpha value is -0.0400. The van der Waals surface area contributed by atoms with Crippen LogP contribution >= 0.6 is 0 Å². The lowest BCUT2D eigenvalue weighted by Gasteiger charge is -2.33. The van der Waals surface area contributed by atoms with Crippen LogP contribution in [0.4, 0.5) is 0 Å². The van der Waals surface area contributed by atoms with Gasteiger partial charge in [-0.05, 0) is 25.2 Å². The lowest BCUT2D eigenvalue weighted by Crippen LogP contribution is -2.43. The fourth-order valence-electron chi connectivity index (χ4n) is 1.80. The molecule has 2 unspecified atom stereocenters. The van der Waals surface area contributed by atoms with Gasteiger partial charge in [-0.3, -0.25) is 0 Å². The molecule has 0 aliphatic heterocycles. The summed E-state index contributed by atoms with van der Waals surface area (Å²) in [7, 11) is 0. The highest BCUT2D eigenvalue weighted by Crippen LogP contribution is 2.27. The van der Waals surface area contributed by atoms with Gasteiger partial charge < -0.3 is 5.73 Å². The van der Waals surface area contributed by atoms with E-state index in [1.165, 1.54) is 32.1 Å². The molecule has 1 nitrogen and oxygen atoms in total. The zero-order chi connectivity index (χ0) is 11.2. The number of unbranched alkanes of at least 4 members (excludes halogenated alkanes) is 1. The Kier molecular flexibility index (Phi) is 6.43. The highest BCUT2D eigenvalue weighted by atomic mass is 14.7. The first-order valence-corrected chi connectivity index (χ1v) is 6.22. The lowest BCUT2D eigenvalue weighted by molar-refractivity contribution is 0.248. The largest absolute Gasteiger partial charge is 0.325 e. The van der Waals surface area contributed by atoms with Gasteiger partial charge in [0.25, 0.3) is 0 Å². The van der Waals surface area contributed by atoms with Gasteiger partial charge in [0.2, 0.25) is 0 Å². The van der Waals surface area contributed by atoms with Crippen LogP contribution in [-0.2, 0) is 0 Å². The molecule has 0 aromatic carbocycles. The Morgan fingerprint density at radius 2 is 1.79 bits per heavy atom. The predicted octanol–water partition coefficient (Wildman–Crippen LogP) is 3.97. The van der Waals surface area contributed by atoms with E-state index in [4.69, 9.17) is 5.73 Å². The molecule has 2 atom stereocenters. The van der Waals surface area contributed by atoms with Crippen LogP contribution in [0.3, 0.4) is 0 Å². The minimum Gasteiger partial charge on any atom is -0.325 e. The van der Waals surface area contributed by atoms with E-state index in [9.17, 15) is 0 Å². The topological polar surface area (TPSA) is 26.0 Å². The fraction of sp³-hybridized carbons (Fsp3) is 1.00. The van der Waals surface area contributed by atoms with E-state index in [1.54, 1.807) is 0 Å². The standard InChI is InChI=1S/C13H29N/c1-6-8-9-12(7-2)10-13(5,14)11(3)4/h11-12H,6-10,14H2,1-5H3. The van der Waals surface area contributed by atoms with Crippen LogP contribution in [0, 0.1) is 11.8 Å². The molecule has 0 aromatic rings. The van der Waals surface area contributed by atoms with Gasteiger partial charge in [0.05, 0.1) is 0 Å². The monoisotopic (exact) mass is 199 g/mol. The van der Waals surface area contributed by atoms with Gasteiger partial charge in [0.1, 0.15) is 0 Å². The molecule has 86 valence electrons. The van der Waals surface area contributed by atoms with E-state index in [1.807, 2.05) is 0 Å². The van der Waals surface area contributed by atoms with Crippen LogP contribution < -0.4 is 5.73 Å². The molecule has 0 fully saturated rings. The molecule has 0 saturated carbocycles. The summed E-state index contributed by atoms with van der Waals surface area (Å²) >= 11 is 0. The average molecular weight is 199 g/mol. The fourth-order valence-corrected chi connectivity index (χ4v) is 1.80. The molecule has 0 spiro atoms. The molecule has 1 heteroatoms. The quantitative estimate of drug-likeness (QED) is 0.659. The normalized spacial score (nSPS) is 18.2. The molecule has 2 N–H and O–H groups in total. The van der Waals surface area contributed by atoms with Crippen LogP contribution in [0.5, 0.6) is 0 Å². The zero-order valence-corrected chi connectivity index (χ0v) is 10.8. The van der Waals surface area contributed by atoms with E-state index >= 15 is 0 Å². The first-order chi connectivity index (χ1) is 6.44. The van der Waals surface area contributed by atoms with Crippen LogP contribution in [0.2, 0.25) is 0 Å². The summed E-state index contributed by atoms with van der Waals surface area (Å²) in [4.78, 5) is 0. The lowest BCUT2D eigenvalue weighted by atomic mass is 9.79. The molecule has 0 aliphatic carbocycles. The number of rotatable bonds is 7. The van der Waals surface area contributed by atoms with E-state index in [2.05, 4.69) is 34.6 Å². The zero-order valence-electron chi connectivity index (χ0n) is 10.8. The Labute approximate surface area is 90.5 Å². The van der Waals surface area contributed by atoms with Crippen LogP contribution in [0.1, 0.15) is 66.7 Å². The summed E-state index contributed by atoms with van der Waals surface area (Å²) in [6.45, 7) is 11.2. The van der Waals surface area contributed by atoms with Crippen LogP contribution in [-0.4, -0.2) is 5.54 Å². The molecular weight excluding hydrogens is 170 g/mol. The van der Waals surface area contributed by atoms with Gasteiger partial charge in [0.15, 0.2) is 0 Å². The first-order valence-electron chi connectivity index (χ1n) is 6.22. The van der Waals surface area contributed by atoms with E-state index in [0.29, 0.717) is 5.92 Å². The van der Waals surface area contributed by atoms with Crippen molar-refractivity contribution in [2.75, 3.05) is 0 Å². The maximum absolute atomic E-state index is 6.31. The smallest absolute Gasteiger partial charge is 0.0151 e. The number of nitrogens with two attached hydrogens (primary N) is 1. The summed E-state index contributed by atoms with van der Waals surface area (Å²) in [5.74, 6) is 1.41. The Bertz CT molecular complexity index is 138. The van der Waals surface area contributed by atoms with Crippen molar-refractivity contribution in [3.8, 4) is 0 Å². The minimum absolute atomic E-state index is 0.0222. The second-order valence-corrected chi connectivity index (χ2v) is 5.28. The van der Waals surface area contributed by atoms with E-state index < -0.39 is 0 Å². The third-order valence-corrected chi connectivity index (χ3v) is 3.59. The SMILES string of the molecule is CCCCC(CC)CC(C)(N)C(C)C. The number of hydrogen-bond acceptors (Lipinski definition) is 1. The van der Waals surface area contributed by atoms with Crippen molar-refractivity contribution >= 4 is 0 Å². The van der Waals surface area contributed by atoms with Gasteiger partial charge >= 0.3 is 0 Å². The van der Waals surface area contributed by atoms with Gasteiger partial charge in [-0.2, -0.15) is 0 Å². The van der Waals surface area contributed by atoms with Gasteiger partial charge in [-0.1, -0.05) is 53.4 Å².